The minimum absolute atomic E-state index is 0.0700. The standard InChI is InChI=1S/C18H23F2NO3/c1-21(14-8-4-3-5-9-14)16(22)12-11-13-7-6-10-15(23-2)17(13)24-18(19)20/h6-7,10-12,14,18H,3-5,8-9H2,1-2H3. The Hall–Kier alpha value is -2.11. The molecular weight excluding hydrogens is 316 g/mol. The molecule has 0 saturated heterocycles. The average Bonchev–Trinajstić information content (AvgIpc) is 2.60. The Balaban J connectivity index is 2.13. The molecule has 0 bridgehead atoms. The van der Waals surface area contributed by atoms with Crippen molar-refractivity contribution in [2.45, 2.75) is 44.8 Å². The van der Waals surface area contributed by atoms with Gasteiger partial charge in [-0.3, -0.25) is 4.79 Å². The zero-order valence-corrected chi connectivity index (χ0v) is 14.0. The Labute approximate surface area is 141 Å². The van der Waals surface area contributed by atoms with Gasteiger partial charge in [0.2, 0.25) is 5.91 Å². The van der Waals surface area contributed by atoms with Crippen LogP contribution in [-0.2, 0) is 4.79 Å². The Morgan fingerprint density at radius 3 is 2.62 bits per heavy atom. The van der Waals surface area contributed by atoms with Crippen LogP contribution in [0.1, 0.15) is 37.7 Å². The molecule has 0 aromatic heterocycles. The van der Waals surface area contributed by atoms with Gasteiger partial charge < -0.3 is 14.4 Å². The number of carbonyl (C=O) groups excluding carboxylic acids is 1. The lowest BCUT2D eigenvalue weighted by Crippen LogP contribution is -2.37. The van der Waals surface area contributed by atoms with Crippen molar-refractivity contribution in [1.29, 1.82) is 0 Å². The summed E-state index contributed by atoms with van der Waals surface area (Å²) in [5.74, 6) is -0.0161. The number of methoxy groups -OCH3 is 1. The van der Waals surface area contributed by atoms with Crippen molar-refractivity contribution in [3.8, 4) is 11.5 Å². The van der Waals surface area contributed by atoms with Gasteiger partial charge in [0.1, 0.15) is 0 Å². The summed E-state index contributed by atoms with van der Waals surface area (Å²) in [5.41, 5.74) is 0.375. The SMILES string of the molecule is COc1cccc(C=CC(=O)N(C)C2CCCCC2)c1OC(F)F. The van der Waals surface area contributed by atoms with Gasteiger partial charge in [-0.15, -0.1) is 0 Å². The number of hydrogen-bond donors (Lipinski definition) is 0. The van der Waals surface area contributed by atoms with Crippen molar-refractivity contribution in [1.82, 2.24) is 4.90 Å². The first kappa shape index (κ1) is 18.2. The average molecular weight is 339 g/mol. The summed E-state index contributed by atoms with van der Waals surface area (Å²) in [5, 5.41) is 0. The van der Waals surface area contributed by atoms with E-state index < -0.39 is 6.61 Å². The van der Waals surface area contributed by atoms with Gasteiger partial charge in [-0.2, -0.15) is 8.78 Å². The molecule has 1 fully saturated rings. The Morgan fingerprint density at radius 1 is 1.29 bits per heavy atom. The fourth-order valence-electron chi connectivity index (χ4n) is 2.97. The van der Waals surface area contributed by atoms with Crippen LogP contribution in [0, 0.1) is 0 Å². The first-order valence-corrected chi connectivity index (χ1v) is 8.09. The molecule has 1 aromatic carbocycles. The third-order valence-electron chi connectivity index (χ3n) is 4.31. The summed E-state index contributed by atoms with van der Waals surface area (Å²) in [4.78, 5) is 14.0. The predicted molar refractivity (Wildman–Crippen MR) is 88.3 cm³/mol. The molecule has 1 aliphatic rings. The molecule has 0 atom stereocenters. The molecule has 132 valence electrons. The fourth-order valence-corrected chi connectivity index (χ4v) is 2.97. The van der Waals surface area contributed by atoms with Crippen LogP contribution in [0.3, 0.4) is 0 Å². The van der Waals surface area contributed by atoms with Crippen molar-refractivity contribution >= 4 is 12.0 Å². The number of rotatable bonds is 6. The molecule has 0 N–H and O–H groups in total. The summed E-state index contributed by atoms with van der Waals surface area (Å²) < 4.78 is 34.8. The number of amides is 1. The van der Waals surface area contributed by atoms with E-state index in [9.17, 15) is 13.6 Å². The largest absolute Gasteiger partial charge is 0.493 e. The lowest BCUT2D eigenvalue weighted by atomic mass is 9.94. The fraction of sp³-hybridized carbons (Fsp3) is 0.500. The number of para-hydroxylation sites is 1. The number of benzene rings is 1. The molecule has 24 heavy (non-hydrogen) atoms. The molecule has 1 amide bonds. The number of carbonyl (C=O) groups is 1. The van der Waals surface area contributed by atoms with Gasteiger partial charge >= 0.3 is 6.61 Å². The summed E-state index contributed by atoms with van der Waals surface area (Å²) >= 11 is 0. The molecule has 6 heteroatoms. The van der Waals surface area contributed by atoms with Crippen LogP contribution in [0.4, 0.5) is 8.78 Å². The summed E-state index contributed by atoms with van der Waals surface area (Å²) in [7, 11) is 3.16. The molecule has 1 aromatic rings. The number of halogens is 2. The third kappa shape index (κ3) is 4.69. The van der Waals surface area contributed by atoms with E-state index in [1.165, 1.54) is 31.7 Å². The second-order valence-corrected chi connectivity index (χ2v) is 5.83. The van der Waals surface area contributed by atoms with E-state index in [0.29, 0.717) is 5.56 Å². The zero-order chi connectivity index (χ0) is 17.5. The van der Waals surface area contributed by atoms with Gasteiger partial charge in [0.05, 0.1) is 7.11 Å². The Bertz CT molecular complexity index is 584. The van der Waals surface area contributed by atoms with Gasteiger partial charge in [-0.1, -0.05) is 31.4 Å². The molecule has 0 aliphatic heterocycles. The van der Waals surface area contributed by atoms with Crippen molar-refractivity contribution in [3.63, 3.8) is 0 Å². The predicted octanol–water partition coefficient (Wildman–Crippen LogP) is 4.10. The molecule has 0 spiro atoms. The Morgan fingerprint density at radius 2 is 2.00 bits per heavy atom. The first-order chi connectivity index (χ1) is 11.5. The second-order valence-electron chi connectivity index (χ2n) is 5.83. The number of likely N-dealkylation sites (N-methyl/N-ethyl adjacent to an activating group) is 1. The van der Waals surface area contributed by atoms with Gasteiger partial charge in [-0.25, -0.2) is 0 Å². The second kappa shape index (κ2) is 8.66. The van der Waals surface area contributed by atoms with Crippen molar-refractivity contribution in [3.05, 3.63) is 29.8 Å². The molecular formula is C18H23F2NO3. The minimum atomic E-state index is -2.96. The summed E-state index contributed by atoms with van der Waals surface area (Å²) in [6.45, 7) is -2.96. The highest BCUT2D eigenvalue weighted by Gasteiger charge is 2.21. The molecule has 0 unspecified atom stereocenters. The van der Waals surface area contributed by atoms with Gasteiger partial charge in [0.15, 0.2) is 11.5 Å². The zero-order valence-electron chi connectivity index (χ0n) is 14.0. The Kier molecular flexibility index (Phi) is 6.58. The number of nitrogens with zero attached hydrogens (tertiary/aromatic N) is 1. The van der Waals surface area contributed by atoms with Crippen LogP contribution >= 0.6 is 0 Å². The van der Waals surface area contributed by atoms with Crippen LogP contribution in [0.5, 0.6) is 11.5 Å². The highest BCUT2D eigenvalue weighted by molar-refractivity contribution is 5.92. The molecule has 4 nitrogen and oxygen atoms in total. The lowest BCUT2D eigenvalue weighted by Gasteiger charge is -2.30. The molecule has 2 rings (SSSR count). The van der Waals surface area contributed by atoms with E-state index in [4.69, 9.17) is 4.74 Å². The highest BCUT2D eigenvalue weighted by atomic mass is 19.3. The molecule has 1 aliphatic carbocycles. The molecule has 0 radical (unpaired) electrons. The smallest absolute Gasteiger partial charge is 0.387 e. The van der Waals surface area contributed by atoms with Gasteiger partial charge in [-0.05, 0) is 25.0 Å². The maximum Gasteiger partial charge on any atom is 0.387 e. The quantitative estimate of drug-likeness (QED) is 0.733. The van der Waals surface area contributed by atoms with E-state index in [-0.39, 0.29) is 23.4 Å². The minimum Gasteiger partial charge on any atom is -0.493 e. The number of ether oxygens (including phenoxy) is 2. The third-order valence-corrected chi connectivity index (χ3v) is 4.31. The lowest BCUT2D eigenvalue weighted by molar-refractivity contribution is -0.127. The highest BCUT2D eigenvalue weighted by Crippen LogP contribution is 2.33. The maximum atomic E-state index is 12.6. The monoisotopic (exact) mass is 339 g/mol. The molecule has 0 heterocycles. The van der Waals surface area contributed by atoms with Crippen LogP contribution in [0.2, 0.25) is 0 Å². The number of alkyl halides is 2. The van der Waals surface area contributed by atoms with Gasteiger partial charge in [0, 0.05) is 24.7 Å². The van der Waals surface area contributed by atoms with Crippen molar-refractivity contribution in [2.24, 2.45) is 0 Å². The van der Waals surface area contributed by atoms with E-state index in [2.05, 4.69) is 4.74 Å². The topological polar surface area (TPSA) is 38.8 Å². The van der Waals surface area contributed by atoms with Crippen LogP contribution in [0.25, 0.3) is 6.08 Å². The van der Waals surface area contributed by atoms with Crippen LogP contribution < -0.4 is 9.47 Å². The van der Waals surface area contributed by atoms with E-state index >= 15 is 0 Å². The van der Waals surface area contributed by atoms with Crippen LogP contribution in [0.15, 0.2) is 24.3 Å². The number of hydrogen-bond acceptors (Lipinski definition) is 3. The first-order valence-electron chi connectivity index (χ1n) is 8.09. The molecule has 1 saturated carbocycles. The van der Waals surface area contributed by atoms with E-state index in [1.54, 1.807) is 24.1 Å². The summed E-state index contributed by atoms with van der Waals surface area (Å²) in [6, 6.07) is 5.04. The van der Waals surface area contributed by atoms with E-state index in [0.717, 1.165) is 25.7 Å². The van der Waals surface area contributed by atoms with Gasteiger partial charge in [0.25, 0.3) is 0 Å². The van der Waals surface area contributed by atoms with Crippen molar-refractivity contribution < 1.29 is 23.0 Å². The van der Waals surface area contributed by atoms with Crippen molar-refractivity contribution in [2.75, 3.05) is 14.2 Å². The normalized spacial score (nSPS) is 15.7. The van der Waals surface area contributed by atoms with Crippen LogP contribution in [-0.4, -0.2) is 37.6 Å². The summed E-state index contributed by atoms with van der Waals surface area (Å²) in [6.07, 6.45) is 8.38. The van der Waals surface area contributed by atoms with E-state index in [1.807, 2.05) is 0 Å². The maximum absolute atomic E-state index is 12.6.